The maximum Gasteiger partial charge on any atom is 0.0137 e. The van der Waals surface area contributed by atoms with Gasteiger partial charge in [-0.15, -0.1) is 0 Å². The molecule has 0 aromatic rings. The van der Waals surface area contributed by atoms with E-state index in [4.69, 9.17) is 0 Å². The van der Waals surface area contributed by atoms with Crippen LogP contribution in [0.25, 0.3) is 0 Å². The summed E-state index contributed by atoms with van der Waals surface area (Å²) >= 11 is 0. The topological polar surface area (TPSA) is 12.0 Å². The molecule has 12 heavy (non-hydrogen) atoms. The first kappa shape index (κ1) is 9.79. The summed E-state index contributed by atoms with van der Waals surface area (Å²) in [4.78, 5) is 0. The van der Waals surface area contributed by atoms with Gasteiger partial charge in [-0.05, 0) is 32.1 Å². The van der Waals surface area contributed by atoms with Crippen molar-refractivity contribution in [3.05, 3.63) is 11.6 Å². The van der Waals surface area contributed by atoms with E-state index >= 15 is 0 Å². The molecule has 0 heterocycles. The van der Waals surface area contributed by atoms with Crippen LogP contribution < -0.4 is 5.32 Å². The van der Waals surface area contributed by atoms with Crippen LogP contribution in [0.2, 0.25) is 0 Å². The fourth-order valence-corrected chi connectivity index (χ4v) is 1.61. The average molecular weight is 167 g/mol. The molecule has 0 aliphatic heterocycles. The van der Waals surface area contributed by atoms with Crippen molar-refractivity contribution in [3.8, 4) is 0 Å². The maximum atomic E-state index is 3.48. The lowest BCUT2D eigenvalue weighted by atomic mass is 9.70. The second-order valence-electron chi connectivity index (χ2n) is 4.58. The van der Waals surface area contributed by atoms with E-state index in [9.17, 15) is 0 Å². The molecule has 0 aromatic carbocycles. The third-order valence-corrected chi connectivity index (χ3v) is 2.77. The molecule has 1 heteroatoms. The molecule has 0 unspecified atom stereocenters. The number of nitrogens with one attached hydrogen (secondary N) is 1. The molecule has 0 spiro atoms. The number of hydrogen-bond donors (Lipinski definition) is 1. The summed E-state index contributed by atoms with van der Waals surface area (Å²) in [6.07, 6.45) is 6.51. The molecule has 0 aromatic heterocycles. The van der Waals surface area contributed by atoms with Crippen LogP contribution in [0.4, 0.5) is 0 Å². The van der Waals surface area contributed by atoms with Gasteiger partial charge >= 0.3 is 0 Å². The lowest BCUT2D eigenvalue weighted by Gasteiger charge is -2.38. The Kier molecular flexibility index (Phi) is 3.33. The molecule has 1 N–H and O–H groups in total. The van der Waals surface area contributed by atoms with Crippen molar-refractivity contribution in [2.45, 2.75) is 40.0 Å². The summed E-state index contributed by atoms with van der Waals surface area (Å²) in [6, 6.07) is 0. The van der Waals surface area contributed by atoms with Crippen LogP contribution in [-0.4, -0.2) is 13.1 Å². The van der Waals surface area contributed by atoms with E-state index in [-0.39, 0.29) is 0 Å². The largest absolute Gasteiger partial charge is 0.313 e. The van der Waals surface area contributed by atoms with Crippen molar-refractivity contribution in [1.29, 1.82) is 0 Å². The minimum atomic E-state index is 0.621. The Morgan fingerprint density at radius 3 is 2.50 bits per heavy atom. The van der Waals surface area contributed by atoms with Crippen LogP contribution >= 0.6 is 0 Å². The highest BCUT2D eigenvalue weighted by atomic mass is 14.9. The molecular weight excluding hydrogens is 146 g/mol. The smallest absolute Gasteiger partial charge is 0.0137 e. The highest BCUT2D eigenvalue weighted by Gasteiger charge is 2.30. The Hall–Kier alpha value is -0.300. The summed E-state index contributed by atoms with van der Waals surface area (Å²) in [5.41, 5.74) is 2.02. The Morgan fingerprint density at radius 2 is 2.08 bits per heavy atom. The van der Waals surface area contributed by atoms with E-state index in [0.717, 1.165) is 6.54 Å². The Morgan fingerprint density at radius 1 is 1.42 bits per heavy atom. The zero-order valence-corrected chi connectivity index (χ0v) is 8.61. The molecule has 1 saturated carbocycles. The van der Waals surface area contributed by atoms with Gasteiger partial charge in [-0.2, -0.15) is 0 Å². The highest BCUT2D eigenvalue weighted by molar-refractivity contribution is 4.95. The molecular formula is C11H21N. The Balaban J connectivity index is 2.06. The fourth-order valence-electron chi connectivity index (χ4n) is 1.61. The van der Waals surface area contributed by atoms with Gasteiger partial charge in [0.1, 0.15) is 0 Å². The molecule has 1 aliphatic carbocycles. The van der Waals surface area contributed by atoms with Gasteiger partial charge in [-0.3, -0.25) is 0 Å². The molecule has 0 atom stereocenters. The van der Waals surface area contributed by atoms with Crippen molar-refractivity contribution in [2.24, 2.45) is 5.41 Å². The molecule has 0 saturated heterocycles. The van der Waals surface area contributed by atoms with Crippen LogP contribution in [-0.2, 0) is 0 Å². The fraction of sp³-hybridized carbons (Fsp3) is 0.818. The van der Waals surface area contributed by atoms with Crippen LogP contribution in [0, 0.1) is 5.41 Å². The monoisotopic (exact) mass is 167 g/mol. The van der Waals surface area contributed by atoms with E-state index in [1.165, 1.54) is 31.4 Å². The van der Waals surface area contributed by atoms with Gasteiger partial charge in [-0.1, -0.05) is 25.0 Å². The van der Waals surface area contributed by atoms with Gasteiger partial charge < -0.3 is 5.32 Å². The lowest BCUT2D eigenvalue weighted by Crippen LogP contribution is -2.37. The SMILES string of the molecule is CC(C)=CCNCC1(C)CCC1. The lowest BCUT2D eigenvalue weighted by molar-refractivity contribution is 0.159. The molecule has 0 bridgehead atoms. The van der Waals surface area contributed by atoms with Gasteiger partial charge in [0.2, 0.25) is 0 Å². The predicted octanol–water partition coefficient (Wildman–Crippen LogP) is 2.73. The third kappa shape index (κ3) is 2.98. The normalized spacial score (nSPS) is 19.9. The molecule has 1 nitrogen and oxygen atoms in total. The van der Waals surface area contributed by atoms with Crippen molar-refractivity contribution in [1.82, 2.24) is 5.32 Å². The van der Waals surface area contributed by atoms with E-state index in [0.29, 0.717) is 5.41 Å². The van der Waals surface area contributed by atoms with Gasteiger partial charge in [0, 0.05) is 13.1 Å². The van der Waals surface area contributed by atoms with E-state index in [1.807, 2.05) is 0 Å². The van der Waals surface area contributed by atoms with Crippen molar-refractivity contribution in [3.63, 3.8) is 0 Å². The standard InChI is InChI=1S/C11H21N/c1-10(2)5-8-12-9-11(3)6-4-7-11/h5,12H,4,6-9H2,1-3H3. The maximum absolute atomic E-state index is 3.48. The summed E-state index contributed by atoms with van der Waals surface area (Å²) in [5, 5.41) is 3.48. The summed E-state index contributed by atoms with van der Waals surface area (Å²) in [5.74, 6) is 0. The predicted molar refractivity (Wildman–Crippen MR) is 54.3 cm³/mol. The Labute approximate surface area is 76.2 Å². The van der Waals surface area contributed by atoms with Gasteiger partial charge in [0.15, 0.2) is 0 Å². The van der Waals surface area contributed by atoms with Gasteiger partial charge in [-0.25, -0.2) is 0 Å². The molecule has 1 aliphatic rings. The number of allylic oxidation sites excluding steroid dienone is 1. The second-order valence-corrected chi connectivity index (χ2v) is 4.58. The third-order valence-electron chi connectivity index (χ3n) is 2.77. The van der Waals surface area contributed by atoms with Gasteiger partial charge in [0.05, 0.1) is 0 Å². The molecule has 1 fully saturated rings. The van der Waals surface area contributed by atoms with Crippen molar-refractivity contribution in [2.75, 3.05) is 13.1 Å². The van der Waals surface area contributed by atoms with Crippen molar-refractivity contribution < 1.29 is 0 Å². The first-order valence-electron chi connectivity index (χ1n) is 4.96. The van der Waals surface area contributed by atoms with E-state index in [2.05, 4.69) is 32.2 Å². The summed E-state index contributed by atoms with van der Waals surface area (Å²) in [7, 11) is 0. The van der Waals surface area contributed by atoms with Crippen LogP contribution in [0.5, 0.6) is 0 Å². The number of rotatable bonds is 4. The van der Waals surface area contributed by atoms with Crippen LogP contribution in [0.3, 0.4) is 0 Å². The Bertz CT molecular complexity index is 162. The minimum absolute atomic E-state index is 0.621. The zero-order chi connectivity index (χ0) is 9.03. The summed E-state index contributed by atoms with van der Waals surface area (Å²) in [6.45, 7) is 8.90. The van der Waals surface area contributed by atoms with E-state index < -0.39 is 0 Å². The number of hydrogen-bond acceptors (Lipinski definition) is 1. The van der Waals surface area contributed by atoms with E-state index in [1.54, 1.807) is 0 Å². The minimum Gasteiger partial charge on any atom is -0.313 e. The molecule has 0 radical (unpaired) electrons. The summed E-state index contributed by atoms with van der Waals surface area (Å²) < 4.78 is 0. The van der Waals surface area contributed by atoms with Crippen LogP contribution in [0.1, 0.15) is 40.0 Å². The zero-order valence-electron chi connectivity index (χ0n) is 8.61. The molecule has 1 rings (SSSR count). The highest BCUT2D eigenvalue weighted by Crippen LogP contribution is 2.39. The second kappa shape index (κ2) is 4.08. The average Bonchev–Trinajstić information content (AvgIpc) is 1.94. The molecule has 70 valence electrons. The first-order valence-corrected chi connectivity index (χ1v) is 4.96. The molecule has 0 amide bonds. The van der Waals surface area contributed by atoms with Crippen molar-refractivity contribution >= 4 is 0 Å². The first-order chi connectivity index (χ1) is 5.62. The van der Waals surface area contributed by atoms with Gasteiger partial charge in [0.25, 0.3) is 0 Å². The van der Waals surface area contributed by atoms with Crippen LogP contribution in [0.15, 0.2) is 11.6 Å². The quantitative estimate of drug-likeness (QED) is 0.501.